The second-order valence-corrected chi connectivity index (χ2v) is 6.60. The summed E-state index contributed by atoms with van der Waals surface area (Å²) >= 11 is 6.36. The average molecular weight is 313 g/mol. The van der Waals surface area contributed by atoms with Crippen molar-refractivity contribution in [2.45, 2.75) is 44.4 Å². The Bertz CT molecular complexity index is 504. The topological polar surface area (TPSA) is 42.3 Å². The van der Waals surface area contributed by atoms with Gasteiger partial charge in [-0.05, 0) is 39.8 Å². The van der Waals surface area contributed by atoms with Crippen molar-refractivity contribution in [3.05, 3.63) is 16.4 Å². The van der Waals surface area contributed by atoms with Gasteiger partial charge in [0.1, 0.15) is 5.15 Å². The van der Waals surface area contributed by atoms with E-state index >= 15 is 0 Å². The van der Waals surface area contributed by atoms with Gasteiger partial charge in [0.15, 0.2) is 0 Å². The van der Waals surface area contributed by atoms with E-state index in [-0.39, 0.29) is 12.1 Å². The zero-order valence-electron chi connectivity index (χ0n) is 13.1. The lowest BCUT2D eigenvalue weighted by Gasteiger charge is -2.38. The number of likely N-dealkylation sites (N-methyl/N-ethyl adjacent to an activating group) is 1. The van der Waals surface area contributed by atoms with Crippen LogP contribution < -0.4 is 5.32 Å². The molecule has 0 aromatic carbocycles. The van der Waals surface area contributed by atoms with E-state index < -0.39 is 0 Å². The molecule has 3 rings (SSSR count). The van der Waals surface area contributed by atoms with Crippen LogP contribution in [0.1, 0.15) is 24.1 Å². The summed E-state index contributed by atoms with van der Waals surface area (Å²) in [6.45, 7) is 5.12. The summed E-state index contributed by atoms with van der Waals surface area (Å²) in [5.74, 6) is 0. The number of fused-ring (bicyclic) bond motifs is 1. The second-order valence-electron chi connectivity index (χ2n) is 6.24. The molecule has 0 aliphatic carbocycles. The van der Waals surface area contributed by atoms with Crippen molar-refractivity contribution in [1.29, 1.82) is 0 Å². The Kier molecular flexibility index (Phi) is 4.54. The third kappa shape index (κ3) is 2.97. The van der Waals surface area contributed by atoms with Gasteiger partial charge in [0.2, 0.25) is 0 Å². The Labute approximate surface area is 131 Å². The zero-order valence-corrected chi connectivity index (χ0v) is 13.9. The SMILES string of the molecule is CNC(Cc1c(C)nn(C)c1Cl)C1CN2CCCC2CO1. The first-order valence-corrected chi connectivity index (χ1v) is 8.18. The summed E-state index contributed by atoms with van der Waals surface area (Å²) in [5, 5.41) is 8.56. The van der Waals surface area contributed by atoms with Gasteiger partial charge in [-0.2, -0.15) is 5.10 Å². The quantitative estimate of drug-likeness (QED) is 0.912. The van der Waals surface area contributed by atoms with Crippen molar-refractivity contribution in [1.82, 2.24) is 20.0 Å². The maximum Gasteiger partial charge on any atom is 0.130 e. The predicted molar refractivity (Wildman–Crippen MR) is 83.8 cm³/mol. The van der Waals surface area contributed by atoms with Gasteiger partial charge in [0, 0.05) is 31.2 Å². The number of ether oxygens (including phenoxy) is 1. The molecule has 6 heteroatoms. The van der Waals surface area contributed by atoms with Gasteiger partial charge in [-0.25, -0.2) is 0 Å². The van der Waals surface area contributed by atoms with E-state index in [2.05, 4.69) is 15.3 Å². The van der Waals surface area contributed by atoms with Gasteiger partial charge in [0.05, 0.1) is 18.4 Å². The molecule has 0 spiro atoms. The Hall–Kier alpha value is -0.620. The standard InChI is InChI=1S/C15H25ClN4O/c1-10-12(15(16)19(3)18-10)7-13(17-2)14-8-20-6-4-5-11(20)9-21-14/h11,13-14,17H,4-9H2,1-3H3. The highest BCUT2D eigenvalue weighted by Gasteiger charge is 2.35. The molecule has 1 aromatic rings. The number of halogens is 1. The third-order valence-electron chi connectivity index (χ3n) is 4.93. The van der Waals surface area contributed by atoms with E-state index in [0.717, 1.165) is 36.0 Å². The molecular formula is C15H25ClN4O. The number of nitrogens with zero attached hydrogens (tertiary/aromatic N) is 3. The molecular weight excluding hydrogens is 288 g/mol. The first-order valence-electron chi connectivity index (χ1n) is 7.81. The molecule has 0 radical (unpaired) electrons. The highest BCUT2D eigenvalue weighted by atomic mass is 35.5. The van der Waals surface area contributed by atoms with Crippen molar-refractivity contribution in [3.8, 4) is 0 Å². The first-order chi connectivity index (χ1) is 10.1. The molecule has 3 heterocycles. The lowest BCUT2D eigenvalue weighted by atomic mass is 10.00. The van der Waals surface area contributed by atoms with Crippen LogP contribution in [0, 0.1) is 6.92 Å². The highest BCUT2D eigenvalue weighted by Crippen LogP contribution is 2.26. The van der Waals surface area contributed by atoms with Gasteiger partial charge in [-0.3, -0.25) is 9.58 Å². The molecule has 0 bridgehead atoms. The van der Waals surface area contributed by atoms with Gasteiger partial charge < -0.3 is 10.1 Å². The fourth-order valence-electron chi connectivity index (χ4n) is 3.63. The van der Waals surface area contributed by atoms with E-state index in [1.807, 2.05) is 21.0 Å². The number of rotatable bonds is 4. The van der Waals surface area contributed by atoms with Crippen LogP contribution in [-0.2, 0) is 18.2 Å². The minimum Gasteiger partial charge on any atom is -0.374 e. The van der Waals surface area contributed by atoms with E-state index in [1.54, 1.807) is 4.68 Å². The van der Waals surface area contributed by atoms with Crippen LogP contribution in [-0.4, -0.2) is 59.6 Å². The molecule has 1 aromatic heterocycles. The maximum atomic E-state index is 6.36. The van der Waals surface area contributed by atoms with Crippen LogP contribution in [0.4, 0.5) is 0 Å². The molecule has 5 nitrogen and oxygen atoms in total. The largest absolute Gasteiger partial charge is 0.374 e. The van der Waals surface area contributed by atoms with Crippen molar-refractivity contribution >= 4 is 11.6 Å². The fourth-order valence-corrected chi connectivity index (χ4v) is 3.88. The Balaban J connectivity index is 1.70. The van der Waals surface area contributed by atoms with Crippen molar-refractivity contribution in [2.24, 2.45) is 7.05 Å². The van der Waals surface area contributed by atoms with Crippen LogP contribution in [0.15, 0.2) is 0 Å². The number of hydrogen-bond donors (Lipinski definition) is 1. The van der Waals surface area contributed by atoms with Crippen molar-refractivity contribution in [2.75, 3.05) is 26.7 Å². The molecule has 2 fully saturated rings. The minimum atomic E-state index is 0.222. The summed E-state index contributed by atoms with van der Waals surface area (Å²) in [4.78, 5) is 2.58. The Morgan fingerprint density at radius 2 is 2.33 bits per heavy atom. The minimum absolute atomic E-state index is 0.222. The molecule has 2 saturated heterocycles. The van der Waals surface area contributed by atoms with Crippen LogP contribution in [0.3, 0.4) is 0 Å². The monoisotopic (exact) mass is 312 g/mol. The summed E-state index contributed by atoms with van der Waals surface area (Å²) in [7, 11) is 3.89. The fraction of sp³-hybridized carbons (Fsp3) is 0.800. The van der Waals surface area contributed by atoms with Gasteiger partial charge >= 0.3 is 0 Å². The summed E-state index contributed by atoms with van der Waals surface area (Å²) in [5.41, 5.74) is 2.14. The van der Waals surface area contributed by atoms with E-state index in [0.29, 0.717) is 6.04 Å². The molecule has 3 atom stereocenters. The number of aryl methyl sites for hydroxylation is 2. The highest BCUT2D eigenvalue weighted by molar-refractivity contribution is 6.30. The average Bonchev–Trinajstić information content (AvgIpc) is 3.03. The van der Waals surface area contributed by atoms with Gasteiger partial charge in [-0.1, -0.05) is 11.6 Å². The van der Waals surface area contributed by atoms with E-state index in [9.17, 15) is 0 Å². The normalized spacial score (nSPS) is 27.8. The Morgan fingerprint density at radius 3 is 3.00 bits per heavy atom. The molecule has 2 aliphatic heterocycles. The number of morpholine rings is 1. The van der Waals surface area contributed by atoms with Crippen molar-refractivity contribution in [3.63, 3.8) is 0 Å². The Morgan fingerprint density at radius 1 is 1.52 bits per heavy atom. The zero-order chi connectivity index (χ0) is 15.0. The molecule has 21 heavy (non-hydrogen) atoms. The smallest absolute Gasteiger partial charge is 0.130 e. The van der Waals surface area contributed by atoms with Crippen molar-refractivity contribution < 1.29 is 4.74 Å². The predicted octanol–water partition coefficient (Wildman–Crippen LogP) is 1.38. The summed E-state index contributed by atoms with van der Waals surface area (Å²) in [6, 6.07) is 0.912. The second kappa shape index (κ2) is 6.24. The molecule has 118 valence electrons. The van der Waals surface area contributed by atoms with Crippen LogP contribution in [0.2, 0.25) is 5.15 Å². The number of aromatic nitrogens is 2. The van der Waals surface area contributed by atoms with Gasteiger partial charge in [-0.15, -0.1) is 0 Å². The lowest BCUT2D eigenvalue weighted by Crippen LogP contribution is -2.54. The third-order valence-corrected chi connectivity index (χ3v) is 5.40. The first kappa shape index (κ1) is 15.3. The molecule has 0 amide bonds. The maximum absolute atomic E-state index is 6.36. The molecule has 0 saturated carbocycles. The van der Waals surface area contributed by atoms with Gasteiger partial charge in [0.25, 0.3) is 0 Å². The molecule has 2 aliphatic rings. The van der Waals surface area contributed by atoms with Crippen LogP contribution in [0.5, 0.6) is 0 Å². The van der Waals surface area contributed by atoms with E-state index in [1.165, 1.54) is 19.4 Å². The molecule has 3 unspecified atom stereocenters. The van der Waals surface area contributed by atoms with Crippen LogP contribution in [0.25, 0.3) is 0 Å². The number of nitrogens with one attached hydrogen (secondary N) is 1. The molecule has 1 N–H and O–H groups in total. The lowest BCUT2D eigenvalue weighted by molar-refractivity contribution is -0.0634. The number of hydrogen-bond acceptors (Lipinski definition) is 4. The summed E-state index contributed by atoms with van der Waals surface area (Å²) < 4.78 is 7.88. The van der Waals surface area contributed by atoms with E-state index in [4.69, 9.17) is 16.3 Å². The summed E-state index contributed by atoms with van der Waals surface area (Å²) in [6.07, 6.45) is 3.67. The van der Waals surface area contributed by atoms with Crippen LogP contribution >= 0.6 is 11.6 Å².